The number of halogens is 2. The number of piperazine rings is 1. The minimum absolute atomic E-state index is 0.0389. The number of anilines is 2. The van der Waals surface area contributed by atoms with Crippen LogP contribution in [0.2, 0.25) is 0 Å². The number of aromatic amines is 1. The third-order valence-electron chi connectivity index (χ3n) is 5.10. The van der Waals surface area contributed by atoms with Crippen molar-refractivity contribution in [3.05, 3.63) is 39.7 Å². The highest BCUT2D eigenvalue weighted by molar-refractivity contribution is 5.69. The van der Waals surface area contributed by atoms with Crippen molar-refractivity contribution in [1.29, 1.82) is 0 Å². The van der Waals surface area contributed by atoms with Crippen LogP contribution >= 0.6 is 0 Å². The van der Waals surface area contributed by atoms with Gasteiger partial charge in [0.25, 0.3) is 5.56 Å². The van der Waals surface area contributed by atoms with Crippen LogP contribution in [0, 0.1) is 11.6 Å². The van der Waals surface area contributed by atoms with Crippen molar-refractivity contribution in [2.24, 2.45) is 7.05 Å². The lowest BCUT2D eigenvalue weighted by atomic mass is 10.1. The smallest absolute Gasteiger partial charge is 0.282 e. The summed E-state index contributed by atoms with van der Waals surface area (Å²) >= 11 is 0. The highest BCUT2D eigenvalue weighted by Crippen LogP contribution is 2.27. The lowest BCUT2D eigenvalue weighted by Crippen LogP contribution is -2.48. The van der Waals surface area contributed by atoms with Crippen LogP contribution < -0.4 is 15.4 Å². The SMILES string of the molecule is Cn1nnc2c(=O)[nH]c(N3CCN(c4c(F)cc(CC(O)CO)cc4F)CC3)nc21. The molecular weight excluding hydrogens is 400 g/mol. The number of rotatable bonds is 5. The van der Waals surface area contributed by atoms with E-state index >= 15 is 0 Å². The largest absolute Gasteiger partial charge is 0.394 e. The van der Waals surface area contributed by atoms with Gasteiger partial charge in [-0.2, -0.15) is 4.98 Å². The minimum atomic E-state index is -1.07. The first-order valence-corrected chi connectivity index (χ1v) is 9.44. The molecule has 1 fully saturated rings. The first kappa shape index (κ1) is 20.2. The normalized spacial score (nSPS) is 15.8. The molecule has 4 rings (SSSR count). The predicted molar refractivity (Wildman–Crippen MR) is 105 cm³/mol. The summed E-state index contributed by atoms with van der Waals surface area (Å²) in [5.41, 5.74) is 0.242. The van der Waals surface area contributed by atoms with Gasteiger partial charge in [0.05, 0.1) is 12.7 Å². The summed E-state index contributed by atoms with van der Waals surface area (Å²) in [6.07, 6.45) is -1.11. The second-order valence-electron chi connectivity index (χ2n) is 7.20. The zero-order valence-electron chi connectivity index (χ0n) is 16.2. The van der Waals surface area contributed by atoms with Crippen molar-refractivity contribution in [2.75, 3.05) is 42.6 Å². The third kappa shape index (κ3) is 3.71. The summed E-state index contributed by atoms with van der Waals surface area (Å²) in [7, 11) is 1.64. The molecule has 0 amide bonds. The highest BCUT2D eigenvalue weighted by Gasteiger charge is 2.25. The van der Waals surface area contributed by atoms with Gasteiger partial charge in [-0.15, -0.1) is 5.10 Å². The number of nitrogens with zero attached hydrogens (tertiary/aromatic N) is 6. The quantitative estimate of drug-likeness (QED) is 0.506. The van der Waals surface area contributed by atoms with Gasteiger partial charge in [-0.1, -0.05) is 5.21 Å². The van der Waals surface area contributed by atoms with Gasteiger partial charge in [0.1, 0.15) is 17.3 Å². The molecule has 1 unspecified atom stereocenters. The molecule has 0 saturated carbocycles. The predicted octanol–water partition coefficient (Wildman–Crippen LogP) is -0.448. The second-order valence-corrected chi connectivity index (χ2v) is 7.20. The molecule has 1 atom stereocenters. The minimum Gasteiger partial charge on any atom is -0.394 e. The summed E-state index contributed by atoms with van der Waals surface area (Å²) in [5, 5.41) is 26.0. The zero-order chi connectivity index (χ0) is 21.4. The first-order chi connectivity index (χ1) is 14.4. The molecule has 1 aliphatic heterocycles. The number of benzene rings is 1. The summed E-state index contributed by atoms with van der Waals surface area (Å²) in [4.78, 5) is 22.7. The molecule has 3 aromatic rings. The van der Waals surface area contributed by atoms with Crippen molar-refractivity contribution in [3.63, 3.8) is 0 Å². The molecule has 0 aliphatic carbocycles. The molecule has 30 heavy (non-hydrogen) atoms. The Labute approximate surface area is 169 Å². The fraction of sp³-hybridized carbons (Fsp3) is 0.444. The third-order valence-corrected chi connectivity index (χ3v) is 5.10. The van der Waals surface area contributed by atoms with E-state index in [0.29, 0.717) is 37.8 Å². The molecule has 3 N–H and O–H groups in total. The summed E-state index contributed by atoms with van der Waals surface area (Å²) in [5.74, 6) is -1.10. The number of aryl methyl sites for hydroxylation is 1. The summed E-state index contributed by atoms with van der Waals surface area (Å²) in [6.45, 7) is 0.937. The van der Waals surface area contributed by atoms with Crippen molar-refractivity contribution in [3.8, 4) is 0 Å². The Hall–Kier alpha value is -3.12. The van der Waals surface area contributed by atoms with E-state index in [4.69, 9.17) is 5.11 Å². The van der Waals surface area contributed by atoms with E-state index in [9.17, 15) is 18.7 Å². The van der Waals surface area contributed by atoms with Crippen LogP contribution in [0.5, 0.6) is 0 Å². The van der Waals surface area contributed by atoms with Crippen molar-refractivity contribution < 1.29 is 19.0 Å². The fourth-order valence-electron chi connectivity index (χ4n) is 3.58. The van der Waals surface area contributed by atoms with Crippen LogP contribution in [0.3, 0.4) is 0 Å². The topological polar surface area (TPSA) is 123 Å². The van der Waals surface area contributed by atoms with Crippen LogP contribution in [0.1, 0.15) is 5.56 Å². The highest BCUT2D eigenvalue weighted by atomic mass is 19.1. The Morgan fingerprint density at radius 2 is 1.80 bits per heavy atom. The van der Waals surface area contributed by atoms with Gasteiger partial charge in [-0.05, 0) is 17.7 Å². The maximum atomic E-state index is 14.6. The molecule has 1 aliphatic rings. The van der Waals surface area contributed by atoms with Crippen LogP contribution in [-0.4, -0.2) is 74.1 Å². The lowest BCUT2D eigenvalue weighted by molar-refractivity contribution is 0.0954. The summed E-state index contributed by atoms with van der Waals surface area (Å²) < 4.78 is 30.6. The molecule has 1 saturated heterocycles. The zero-order valence-corrected chi connectivity index (χ0v) is 16.2. The second kappa shape index (κ2) is 7.95. The van der Waals surface area contributed by atoms with Crippen LogP contribution in [0.15, 0.2) is 16.9 Å². The van der Waals surface area contributed by atoms with Crippen LogP contribution in [0.25, 0.3) is 11.2 Å². The first-order valence-electron chi connectivity index (χ1n) is 9.44. The maximum Gasteiger partial charge on any atom is 0.282 e. The van der Waals surface area contributed by atoms with E-state index in [0.717, 1.165) is 0 Å². The maximum absolute atomic E-state index is 14.6. The van der Waals surface area contributed by atoms with E-state index in [2.05, 4.69) is 20.3 Å². The molecule has 1 aromatic carbocycles. The van der Waals surface area contributed by atoms with E-state index in [1.165, 1.54) is 16.8 Å². The number of aromatic nitrogens is 5. The number of H-pyrrole nitrogens is 1. The van der Waals surface area contributed by atoms with Gasteiger partial charge in [-0.3, -0.25) is 9.78 Å². The van der Waals surface area contributed by atoms with Crippen molar-refractivity contribution in [2.45, 2.75) is 12.5 Å². The van der Waals surface area contributed by atoms with Gasteiger partial charge >= 0.3 is 0 Å². The Morgan fingerprint density at radius 3 is 2.43 bits per heavy atom. The molecule has 2 aromatic heterocycles. The average Bonchev–Trinajstić information content (AvgIpc) is 3.09. The lowest BCUT2D eigenvalue weighted by Gasteiger charge is -2.36. The molecule has 12 heteroatoms. The molecule has 3 heterocycles. The van der Waals surface area contributed by atoms with Gasteiger partial charge in [0.15, 0.2) is 11.2 Å². The number of nitrogens with one attached hydrogen (secondary N) is 1. The molecule has 10 nitrogen and oxygen atoms in total. The number of fused-ring (bicyclic) bond motifs is 1. The van der Waals surface area contributed by atoms with E-state index in [1.54, 1.807) is 11.9 Å². The molecule has 0 bridgehead atoms. The van der Waals surface area contributed by atoms with Crippen molar-refractivity contribution in [1.82, 2.24) is 25.0 Å². The van der Waals surface area contributed by atoms with E-state index in [-0.39, 0.29) is 23.2 Å². The number of aliphatic hydroxyl groups is 2. The Morgan fingerprint density at radius 1 is 1.17 bits per heavy atom. The van der Waals surface area contributed by atoms with E-state index in [1.807, 2.05) is 4.90 Å². The van der Waals surface area contributed by atoms with Crippen LogP contribution in [-0.2, 0) is 13.5 Å². The average molecular weight is 421 g/mol. The summed E-state index contributed by atoms with van der Waals surface area (Å²) in [6, 6.07) is 2.35. The fourth-order valence-corrected chi connectivity index (χ4v) is 3.58. The Kier molecular flexibility index (Phi) is 5.35. The van der Waals surface area contributed by atoms with Gasteiger partial charge in [0.2, 0.25) is 5.95 Å². The van der Waals surface area contributed by atoms with Gasteiger partial charge in [-0.25, -0.2) is 13.5 Å². The monoisotopic (exact) mass is 421 g/mol. The van der Waals surface area contributed by atoms with Gasteiger partial charge in [0, 0.05) is 39.6 Å². The number of hydrogen-bond acceptors (Lipinski definition) is 8. The number of hydrogen-bond donors (Lipinski definition) is 3. The molecule has 0 radical (unpaired) electrons. The van der Waals surface area contributed by atoms with E-state index < -0.39 is 29.9 Å². The van der Waals surface area contributed by atoms with Crippen LogP contribution in [0.4, 0.5) is 20.4 Å². The Balaban J connectivity index is 1.51. The standard InChI is InChI=1S/C18H21F2N7O3/c1-25-16-14(23-24-25)17(30)22-18(21-16)27-4-2-26(3-5-27)15-12(19)7-10(8-13(15)20)6-11(29)9-28/h7-8,11,28-29H,2-6,9H2,1H3,(H,21,22,30). The molecule has 160 valence electrons. The molecular formula is C18H21F2N7O3. The number of aliphatic hydroxyl groups excluding tert-OH is 2. The van der Waals surface area contributed by atoms with Gasteiger partial charge < -0.3 is 20.0 Å². The van der Waals surface area contributed by atoms with Crippen molar-refractivity contribution >= 4 is 22.8 Å². The Bertz CT molecular complexity index is 1100. The molecule has 0 spiro atoms.